The second-order valence-electron chi connectivity index (χ2n) is 6.20. The van der Waals surface area contributed by atoms with Crippen LogP contribution in [0.4, 0.5) is 5.69 Å². The van der Waals surface area contributed by atoms with Crippen LogP contribution in [0.2, 0.25) is 0 Å². The summed E-state index contributed by atoms with van der Waals surface area (Å²) < 4.78 is 12.1. The van der Waals surface area contributed by atoms with Gasteiger partial charge in [0.2, 0.25) is 0 Å². The van der Waals surface area contributed by atoms with Gasteiger partial charge in [0.05, 0.1) is 4.88 Å². The predicted octanol–water partition coefficient (Wildman–Crippen LogP) is 4.74. The molecule has 0 bridgehead atoms. The van der Waals surface area contributed by atoms with Crippen LogP contribution in [0.3, 0.4) is 0 Å². The number of nitrogens with one attached hydrogen (secondary N) is 1. The Hall–Kier alpha value is -2.01. The molecule has 1 aliphatic heterocycles. The molecule has 1 aromatic heterocycles. The monoisotopic (exact) mass is 329 g/mol. The topological polar surface area (TPSA) is 47.6 Å². The number of carbonyl (C=O) groups is 1. The predicted molar refractivity (Wildman–Crippen MR) is 90.5 cm³/mol. The summed E-state index contributed by atoms with van der Waals surface area (Å²) in [4.78, 5) is 14.1. The van der Waals surface area contributed by atoms with E-state index in [2.05, 4.69) is 5.32 Å². The number of hydrogen-bond acceptors (Lipinski definition) is 4. The lowest BCUT2D eigenvalue weighted by Crippen LogP contribution is -2.40. The number of anilines is 1. The Kier molecular flexibility index (Phi) is 3.53. The van der Waals surface area contributed by atoms with Crippen molar-refractivity contribution in [3.63, 3.8) is 0 Å². The van der Waals surface area contributed by atoms with Crippen LogP contribution >= 0.6 is 11.3 Å². The highest BCUT2D eigenvalue weighted by Gasteiger charge is 2.42. The molecular formula is C18H19NO3S. The fourth-order valence-electron chi connectivity index (χ4n) is 3.22. The molecule has 0 saturated heterocycles. The van der Waals surface area contributed by atoms with Gasteiger partial charge in [0.1, 0.15) is 0 Å². The number of amides is 1. The first-order valence-electron chi connectivity index (χ1n) is 8.03. The third-order valence-corrected chi connectivity index (χ3v) is 5.37. The van der Waals surface area contributed by atoms with Crippen molar-refractivity contribution in [2.24, 2.45) is 0 Å². The van der Waals surface area contributed by atoms with Crippen molar-refractivity contribution in [3.05, 3.63) is 40.1 Å². The average Bonchev–Trinajstić information content (AvgIpc) is 3.11. The first-order valence-corrected chi connectivity index (χ1v) is 8.85. The Morgan fingerprint density at radius 2 is 1.87 bits per heavy atom. The van der Waals surface area contributed by atoms with Crippen LogP contribution in [0.1, 0.15) is 46.7 Å². The third kappa shape index (κ3) is 2.81. The fourth-order valence-corrected chi connectivity index (χ4v) is 3.98. The number of benzene rings is 1. The van der Waals surface area contributed by atoms with E-state index in [1.165, 1.54) is 17.8 Å². The van der Waals surface area contributed by atoms with Gasteiger partial charge in [-0.3, -0.25) is 4.79 Å². The lowest BCUT2D eigenvalue weighted by Gasteiger charge is -2.31. The molecule has 4 nitrogen and oxygen atoms in total. The van der Waals surface area contributed by atoms with Crippen molar-refractivity contribution < 1.29 is 14.3 Å². The van der Waals surface area contributed by atoms with E-state index in [9.17, 15) is 4.79 Å². The van der Waals surface area contributed by atoms with Crippen LogP contribution in [-0.4, -0.2) is 11.7 Å². The van der Waals surface area contributed by atoms with E-state index >= 15 is 0 Å². The molecule has 2 aliphatic rings. The minimum atomic E-state index is -0.478. The smallest absolute Gasteiger partial charge is 0.265 e. The van der Waals surface area contributed by atoms with Gasteiger partial charge in [0.15, 0.2) is 11.5 Å². The van der Waals surface area contributed by atoms with Gasteiger partial charge >= 0.3 is 0 Å². The van der Waals surface area contributed by atoms with Crippen LogP contribution in [0, 0.1) is 6.92 Å². The molecule has 0 radical (unpaired) electrons. The summed E-state index contributed by atoms with van der Waals surface area (Å²) in [6.45, 7) is 1.99. The number of aryl methyl sites for hydroxylation is 1. The SMILES string of the molecule is Cc1ccc(C(=O)Nc2ccc3c(c2)OC2(CCCCC2)O3)s1. The zero-order valence-corrected chi connectivity index (χ0v) is 13.9. The van der Waals surface area contributed by atoms with Crippen LogP contribution in [0.25, 0.3) is 0 Å². The Balaban J connectivity index is 1.51. The number of ether oxygens (including phenoxy) is 2. The molecule has 1 aliphatic carbocycles. The molecule has 1 N–H and O–H groups in total. The van der Waals surface area contributed by atoms with Gasteiger partial charge in [-0.15, -0.1) is 11.3 Å². The molecule has 1 amide bonds. The van der Waals surface area contributed by atoms with Gasteiger partial charge in [-0.25, -0.2) is 0 Å². The molecule has 2 heterocycles. The number of hydrogen-bond donors (Lipinski definition) is 1. The van der Waals surface area contributed by atoms with Gasteiger partial charge in [-0.05, 0) is 44.0 Å². The van der Waals surface area contributed by atoms with Gasteiger partial charge < -0.3 is 14.8 Å². The first kappa shape index (κ1) is 14.6. The fraction of sp³-hybridized carbons (Fsp3) is 0.389. The summed E-state index contributed by atoms with van der Waals surface area (Å²) in [5.74, 6) is 0.937. The van der Waals surface area contributed by atoms with Crippen molar-refractivity contribution in [2.75, 3.05) is 5.32 Å². The second-order valence-corrected chi connectivity index (χ2v) is 7.49. The summed E-state index contributed by atoms with van der Waals surface area (Å²) in [6, 6.07) is 9.40. The van der Waals surface area contributed by atoms with Crippen LogP contribution in [0.5, 0.6) is 11.5 Å². The van der Waals surface area contributed by atoms with Crippen LogP contribution in [-0.2, 0) is 0 Å². The van der Waals surface area contributed by atoms with Crippen molar-refractivity contribution in [2.45, 2.75) is 44.8 Å². The van der Waals surface area contributed by atoms with E-state index in [0.717, 1.165) is 47.7 Å². The van der Waals surface area contributed by atoms with Crippen molar-refractivity contribution in [1.82, 2.24) is 0 Å². The molecule has 2 aromatic rings. The molecule has 1 spiro atoms. The quantitative estimate of drug-likeness (QED) is 0.865. The minimum absolute atomic E-state index is 0.0886. The molecule has 5 heteroatoms. The Labute approximate surface area is 139 Å². The van der Waals surface area contributed by atoms with E-state index in [4.69, 9.17) is 9.47 Å². The first-order chi connectivity index (χ1) is 11.1. The van der Waals surface area contributed by atoms with Crippen molar-refractivity contribution in [3.8, 4) is 11.5 Å². The zero-order valence-electron chi connectivity index (χ0n) is 13.1. The largest absolute Gasteiger partial charge is 0.448 e. The highest BCUT2D eigenvalue weighted by atomic mass is 32.1. The summed E-state index contributed by atoms with van der Waals surface area (Å²) in [6.07, 6.45) is 5.37. The maximum Gasteiger partial charge on any atom is 0.265 e. The van der Waals surface area contributed by atoms with E-state index in [-0.39, 0.29) is 5.91 Å². The zero-order chi connectivity index (χ0) is 15.9. The lowest BCUT2D eigenvalue weighted by atomic mass is 9.94. The van der Waals surface area contributed by atoms with Gasteiger partial charge in [0, 0.05) is 29.5 Å². The minimum Gasteiger partial charge on any atom is -0.448 e. The summed E-state index contributed by atoms with van der Waals surface area (Å²) in [5.41, 5.74) is 0.733. The van der Waals surface area contributed by atoms with Crippen LogP contribution in [0.15, 0.2) is 30.3 Å². The number of thiophene rings is 1. The number of fused-ring (bicyclic) bond motifs is 1. The molecule has 1 aromatic carbocycles. The summed E-state index contributed by atoms with van der Waals surface area (Å²) >= 11 is 1.49. The molecule has 1 fully saturated rings. The molecular weight excluding hydrogens is 310 g/mol. The van der Waals surface area contributed by atoms with E-state index in [1.54, 1.807) is 0 Å². The highest BCUT2D eigenvalue weighted by Crippen LogP contribution is 2.46. The number of carbonyl (C=O) groups excluding carboxylic acids is 1. The molecule has 1 saturated carbocycles. The maximum absolute atomic E-state index is 12.2. The van der Waals surface area contributed by atoms with Crippen molar-refractivity contribution >= 4 is 22.9 Å². The lowest BCUT2D eigenvalue weighted by molar-refractivity contribution is -0.105. The third-order valence-electron chi connectivity index (χ3n) is 4.37. The molecule has 0 unspecified atom stereocenters. The summed E-state index contributed by atoms with van der Waals surface area (Å²) in [7, 11) is 0. The Bertz CT molecular complexity index is 746. The normalized spacial score (nSPS) is 18.1. The molecule has 120 valence electrons. The van der Waals surface area contributed by atoms with Gasteiger partial charge in [-0.2, -0.15) is 0 Å². The molecule has 0 atom stereocenters. The second kappa shape index (κ2) is 5.57. The number of rotatable bonds is 2. The van der Waals surface area contributed by atoms with Crippen molar-refractivity contribution in [1.29, 1.82) is 0 Å². The Morgan fingerprint density at radius 3 is 2.61 bits per heavy atom. The molecule has 23 heavy (non-hydrogen) atoms. The highest BCUT2D eigenvalue weighted by molar-refractivity contribution is 7.14. The van der Waals surface area contributed by atoms with Gasteiger partial charge in [0.25, 0.3) is 11.7 Å². The van der Waals surface area contributed by atoms with E-state index in [1.807, 2.05) is 37.3 Å². The van der Waals surface area contributed by atoms with Crippen LogP contribution < -0.4 is 14.8 Å². The Morgan fingerprint density at radius 1 is 1.09 bits per heavy atom. The van der Waals surface area contributed by atoms with E-state index in [0.29, 0.717) is 4.88 Å². The van der Waals surface area contributed by atoms with Gasteiger partial charge in [-0.1, -0.05) is 6.42 Å². The maximum atomic E-state index is 12.2. The average molecular weight is 329 g/mol. The summed E-state index contributed by atoms with van der Waals surface area (Å²) in [5, 5.41) is 2.93. The van der Waals surface area contributed by atoms with E-state index < -0.39 is 5.79 Å². The standard InChI is InChI=1S/C18H19NO3S/c1-12-5-8-16(23-12)17(20)19-13-6-7-14-15(11-13)22-18(21-14)9-3-2-4-10-18/h5-8,11H,2-4,9-10H2,1H3,(H,19,20). The molecule has 4 rings (SSSR count).